The maximum Gasteiger partial charge on any atom is 0.152 e. The summed E-state index contributed by atoms with van der Waals surface area (Å²) >= 11 is 0. The van der Waals surface area contributed by atoms with Crippen molar-refractivity contribution in [1.82, 2.24) is 9.88 Å². The Hall–Kier alpha value is -2.42. The molecule has 0 saturated carbocycles. The summed E-state index contributed by atoms with van der Waals surface area (Å²) in [6.45, 7) is 0.855. The molecular formula is C15H14N2O. The lowest BCUT2D eigenvalue weighted by atomic mass is 10.1. The van der Waals surface area contributed by atoms with Gasteiger partial charge >= 0.3 is 0 Å². The molecule has 1 aromatic rings. The van der Waals surface area contributed by atoms with Crippen molar-refractivity contribution in [2.45, 2.75) is 0 Å². The van der Waals surface area contributed by atoms with Crippen LogP contribution in [0.1, 0.15) is 0 Å². The van der Waals surface area contributed by atoms with Crippen molar-refractivity contribution in [2.75, 3.05) is 6.54 Å². The third-order valence-corrected chi connectivity index (χ3v) is 2.53. The van der Waals surface area contributed by atoms with Crippen LogP contribution in [0.3, 0.4) is 0 Å². The van der Waals surface area contributed by atoms with Crippen LogP contribution in [0.2, 0.25) is 0 Å². The van der Waals surface area contributed by atoms with Crippen molar-refractivity contribution >= 4 is 6.29 Å². The molecule has 3 rings (SSSR count). The van der Waals surface area contributed by atoms with E-state index in [1.54, 1.807) is 12.4 Å². The van der Waals surface area contributed by atoms with Crippen LogP contribution in [-0.2, 0) is 4.79 Å². The standard InChI is InChI=1S/C10H9NO.C5H5N/c12-8-9-4-3-7-11-6-2-1-5-10(9)11;1-2-4-6-5-3-1/h1-6,8H,7H2;1-5H. The van der Waals surface area contributed by atoms with Gasteiger partial charge in [0.05, 0.1) is 5.70 Å². The van der Waals surface area contributed by atoms with Gasteiger partial charge in [0.15, 0.2) is 6.29 Å². The Balaban J connectivity index is 0.000000169. The van der Waals surface area contributed by atoms with E-state index in [-0.39, 0.29) is 0 Å². The number of nitrogens with zero attached hydrogens (tertiary/aromatic N) is 2. The van der Waals surface area contributed by atoms with E-state index in [0.717, 1.165) is 24.1 Å². The van der Waals surface area contributed by atoms with Gasteiger partial charge in [-0.1, -0.05) is 24.3 Å². The highest BCUT2D eigenvalue weighted by Crippen LogP contribution is 2.19. The summed E-state index contributed by atoms with van der Waals surface area (Å²) in [5.74, 6) is 0. The van der Waals surface area contributed by atoms with Crippen LogP contribution in [0.25, 0.3) is 0 Å². The summed E-state index contributed by atoms with van der Waals surface area (Å²) in [5, 5.41) is 0. The average Bonchev–Trinajstić information content (AvgIpc) is 2.49. The van der Waals surface area contributed by atoms with Gasteiger partial charge in [-0.3, -0.25) is 9.78 Å². The summed E-state index contributed by atoms with van der Waals surface area (Å²) in [4.78, 5) is 16.5. The molecule has 0 aliphatic carbocycles. The Labute approximate surface area is 106 Å². The van der Waals surface area contributed by atoms with Crippen molar-refractivity contribution < 1.29 is 4.79 Å². The smallest absolute Gasteiger partial charge is 0.152 e. The van der Waals surface area contributed by atoms with Gasteiger partial charge in [0.1, 0.15) is 0 Å². The highest BCUT2D eigenvalue weighted by Gasteiger charge is 2.12. The Kier molecular flexibility index (Phi) is 4.25. The second kappa shape index (κ2) is 6.35. The molecule has 18 heavy (non-hydrogen) atoms. The molecule has 90 valence electrons. The molecule has 0 radical (unpaired) electrons. The van der Waals surface area contributed by atoms with Crippen molar-refractivity contribution in [3.05, 3.63) is 78.4 Å². The molecule has 2 aliphatic heterocycles. The number of aldehydes is 1. The molecule has 0 saturated heterocycles. The predicted octanol–water partition coefficient (Wildman–Crippen LogP) is 2.48. The molecule has 0 unspecified atom stereocenters. The molecule has 1 aromatic heterocycles. The Morgan fingerprint density at radius 2 is 1.94 bits per heavy atom. The SMILES string of the molecule is O=CC1=C2C=CC=CN2CC=C1.c1ccncc1. The Bertz CT molecular complexity index is 486. The zero-order valence-electron chi connectivity index (χ0n) is 9.94. The largest absolute Gasteiger partial charge is 0.344 e. The number of hydrogen-bond acceptors (Lipinski definition) is 3. The van der Waals surface area contributed by atoms with Crippen molar-refractivity contribution in [3.8, 4) is 0 Å². The Morgan fingerprint density at radius 3 is 2.56 bits per heavy atom. The molecule has 0 spiro atoms. The first kappa shape index (κ1) is 12.0. The quantitative estimate of drug-likeness (QED) is 0.705. The fraction of sp³-hybridized carbons (Fsp3) is 0.0667. The van der Waals surface area contributed by atoms with Crippen LogP contribution >= 0.6 is 0 Å². The summed E-state index contributed by atoms with van der Waals surface area (Å²) < 4.78 is 0. The molecule has 0 aromatic carbocycles. The molecule has 0 atom stereocenters. The van der Waals surface area contributed by atoms with Crippen LogP contribution in [0.4, 0.5) is 0 Å². The molecule has 3 heterocycles. The summed E-state index contributed by atoms with van der Waals surface area (Å²) in [5.41, 5.74) is 1.75. The minimum Gasteiger partial charge on any atom is -0.344 e. The van der Waals surface area contributed by atoms with Crippen molar-refractivity contribution in [2.24, 2.45) is 0 Å². The zero-order valence-corrected chi connectivity index (χ0v) is 9.94. The highest BCUT2D eigenvalue weighted by atomic mass is 16.1. The number of fused-ring (bicyclic) bond motifs is 1. The van der Waals surface area contributed by atoms with Gasteiger partial charge in [0.2, 0.25) is 0 Å². The first-order chi connectivity index (χ1) is 8.92. The third-order valence-electron chi connectivity index (χ3n) is 2.53. The van der Waals surface area contributed by atoms with E-state index in [2.05, 4.69) is 4.98 Å². The van der Waals surface area contributed by atoms with Crippen LogP contribution < -0.4 is 0 Å². The lowest BCUT2D eigenvalue weighted by Gasteiger charge is -2.25. The molecule has 3 nitrogen and oxygen atoms in total. The van der Waals surface area contributed by atoms with Gasteiger partial charge in [0.25, 0.3) is 0 Å². The number of carbonyl (C=O) groups is 1. The number of aromatic nitrogens is 1. The molecule has 0 amide bonds. The summed E-state index contributed by atoms with van der Waals surface area (Å²) in [6.07, 6.45) is 16.1. The van der Waals surface area contributed by atoms with E-state index in [1.165, 1.54) is 0 Å². The van der Waals surface area contributed by atoms with Gasteiger partial charge in [-0.15, -0.1) is 0 Å². The van der Waals surface area contributed by atoms with E-state index < -0.39 is 0 Å². The Morgan fingerprint density at radius 1 is 1.11 bits per heavy atom. The van der Waals surface area contributed by atoms with E-state index in [0.29, 0.717) is 0 Å². The first-order valence-electron chi connectivity index (χ1n) is 5.74. The molecule has 2 aliphatic rings. The predicted molar refractivity (Wildman–Crippen MR) is 71.5 cm³/mol. The van der Waals surface area contributed by atoms with Crippen LogP contribution in [0.5, 0.6) is 0 Å². The van der Waals surface area contributed by atoms with Gasteiger partial charge in [0, 0.05) is 30.7 Å². The summed E-state index contributed by atoms with van der Waals surface area (Å²) in [6, 6.07) is 5.72. The number of carbonyl (C=O) groups excluding carboxylic acids is 1. The van der Waals surface area contributed by atoms with E-state index in [1.807, 2.05) is 59.7 Å². The average molecular weight is 238 g/mol. The second-order valence-corrected chi connectivity index (χ2v) is 3.74. The van der Waals surface area contributed by atoms with E-state index in [4.69, 9.17) is 0 Å². The van der Waals surface area contributed by atoms with Gasteiger partial charge in [-0.25, -0.2) is 0 Å². The monoisotopic (exact) mass is 238 g/mol. The van der Waals surface area contributed by atoms with Gasteiger partial charge < -0.3 is 4.90 Å². The molecular weight excluding hydrogens is 224 g/mol. The van der Waals surface area contributed by atoms with Crippen molar-refractivity contribution in [3.63, 3.8) is 0 Å². The molecule has 3 heteroatoms. The zero-order chi connectivity index (χ0) is 12.6. The first-order valence-corrected chi connectivity index (χ1v) is 5.74. The van der Waals surface area contributed by atoms with E-state index in [9.17, 15) is 4.79 Å². The van der Waals surface area contributed by atoms with Crippen LogP contribution in [-0.4, -0.2) is 22.7 Å². The fourth-order valence-electron chi connectivity index (χ4n) is 1.69. The fourth-order valence-corrected chi connectivity index (χ4v) is 1.69. The third kappa shape index (κ3) is 3.04. The van der Waals surface area contributed by atoms with Gasteiger partial charge in [-0.05, 0) is 24.3 Å². The lowest BCUT2D eigenvalue weighted by Crippen LogP contribution is -2.21. The van der Waals surface area contributed by atoms with E-state index >= 15 is 0 Å². The molecule has 0 N–H and O–H groups in total. The lowest BCUT2D eigenvalue weighted by molar-refractivity contribution is -0.104. The number of rotatable bonds is 1. The van der Waals surface area contributed by atoms with Crippen LogP contribution in [0.15, 0.2) is 78.4 Å². The topological polar surface area (TPSA) is 33.2 Å². The normalized spacial score (nSPS) is 15.9. The minimum atomic E-state index is 0.752. The second-order valence-electron chi connectivity index (χ2n) is 3.74. The number of pyridine rings is 1. The maximum atomic E-state index is 10.6. The van der Waals surface area contributed by atoms with Crippen LogP contribution in [0, 0.1) is 0 Å². The minimum absolute atomic E-state index is 0.752. The van der Waals surface area contributed by atoms with Gasteiger partial charge in [-0.2, -0.15) is 0 Å². The maximum absolute atomic E-state index is 10.6. The number of allylic oxidation sites excluding steroid dienone is 5. The number of hydrogen-bond donors (Lipinski definition) is 0. The summed E-state index contributed by atoms with van der Waals surface area (Å²) in [7, 11) is 0. The molecule has 0 bridgehead atoms. The molecule has 0 fully saturated rings. The van der Waals surface area contributed by atoms with Crippen molar-refractivity contribution in [1.29, 1.82) is 0 Å². The highest BCUT2D eigenvalue weighted by molar-refractivity contribution is 5.80.